The molecule has 80 valence electrons. The van der Waals surface area contributed by atoms with Crippen LogP contribution in [0.25, 0.3) is 0 Å². The average Bonchev–Trinajstić information content (AvgIpc) is 2.72. The molecule has 0 aromatic heterocycles. The lowest BCUT2D eigenvalue weighted by atomic mass is 10.1. The van der Waals surface area contributed by atoms with Crippen LogP contribution < -0.4 is 5.73 Å². The molecule has 0 aromatic carbocycles. The summed E-state index contributed by atoms with van der Waals surface area (Å²) in [6.07, 6.45) is -1.34. The van der Waals surface area contributed by atoms with E-state index in [9.17, 15) is 5.11 Å². The molecule has 14 heavy (non-hydrogen) atoms. The van der Waals surface area contributed by atoms with Crippen molar-refractivity contribution in [2.24, 2.45) is 10.7 Å². The fraction of sp³-hybridized carbons (Fsp3) is 0.875. The molecule has 6 nitrogen and oxygen atoms in total. The molecule has 0 saturated carbocycles. The van der Waals surface area contributed by atoms with Crippen molar-refractivity contribution in [1.29, 1.82) is 0 Å². The molecule has 6 heteroatoms. The maximum atomic E-state index is 9.44. The molecule has 2 heterocycles. The van der Waals surface area contributed by atoms with Crippen molar-refractivity contribution in [2.75, 3.05) is 20.3 Å². The zero-order valence-electron chi connectivity index (χ0n) is 7.92. The molecule has 0 bridgehead atoms. The number of aliphatic imine (C=N–C) groups is 1. The second kappa shape index (κ2) is 3.72. The summed E-state index contributed by atoms with van der Waals surface area (Å²) in [5, 5.41) is 9.44. The van der Waals surface area contributed by atoms with E-state index in [0.717, 1.165) is 0 Å². The fourth-order valence-electron chi connectivity index (χ4n) is 1.75. The molecule has 2 aliphatic heterocycles. The summed E-state index contributed by atoms with van der Waals surface area (Å²) in [6, 6.07) is 0.115. The predicted octanol–water partition coefficient (Wildman–Crippen LogP) is -1.53. The van der Waals surface area contributed by atoms with Crippen LogP contribution in [0.15, 0.2) is 4.99 Å². The number of nitrogens with two attached hydrogens (primary N) is 1. The van der Waals surface area contributed by atoms with E-state index in [-0.39, 0.29) is 24.3 Å². The first-order valence-electron chi connectivity index (χ1n) is 4.52. The monoisotopic (exact) mass is 202 g/mol. The van der Waals surface area contributed by atoms with Gasteiger partial charge in [0.25, 0.3) is 6.02 Å². The molecule has 0 aliphatic carbocycles. The fourth-order valence-corrected chi connectivity index (χ4v) is 1.75. The molecule has 3 N–H and O–H groups in total. The predicted molar refractivity (Wildman–Crippen MR) is 47.9 cm³/mol. The Hall–Kier alpha value is -0.850. The second-order valence-corrected chi connectivity index (χ2v) is 3.38. The van der Waals surface area contributed by atoms with E-state index in [1.54, 1.807) is 7.05 Å². The van der Waals surface area contributed by atoms with Crippen molar-refractivity contribution in [2.45, 2.75) is 24.4 Å². The van der Waals surface area contributed by atoms with Gasteiger partial charge in [-0.2, -0.15) is 0 Å². The van der Waals surface area contributed by atoms with E-state index in [2.05, 4.69) is 4.99 Å². The number of aliphatic hydroxyl groups excluding tert-OH is 1. The van der Waals surface area contributed by atoms with Gasteiger partial charge < -0.3 is 25.1 Å². The molecule has 0 spiro atoms. The minimum atomic E-state index is -0.562. The lowest BCUT2D eigenvalue weighted by Gasteiger charge is -2.16. The van der Waals surface area contributed by atoms with Gasteiger partial charge in [-0.05, 0) is 0 Å². The largest absolute Gasteiger partial charge is 0.457 e. The summed E-state index contributed by atoms with van der Waals surface area (Å²) in [5.74, 6) is 0. The zero-order chi connectivity index (χ0) is 10.1. The lowest BCUT2D eigenvalue weighted by Crippen LogP contribution is -2.36. The summed E-state index contributed by atoms with van der Waals surface area (Å²) < 4.78 is 16.0. The number of hydrogen-bond donors (Lipinski definition) is 2. The van der Waals surface area contributed by atoms with Crippen molar-refractivity contribution in [3.63, 3.8) is 0 Å². The highest BCUT2D eigenvalue weighted by atomic mass is 16.6. The molecule has 2 aliphatic rings. The number of nitrogens with zero attached hydrogens (tertiary/aromatic N) is 1. The summed E-state index contributed by atoms with van der Waals surface area (Å²) in [4.78, 5) is 3.68. The van der Waals surface area contributed by atoms with Crippen molar-refractivity contribution >= 4 is 6.02 Å². The van der Waals surface area contributed by atoms with E-state index in [4.69, 9.17) is 19.9 Å². The first-order valence-corrected chi connectivity index (χ1v) is 4.52. The normalized spacial score (nSPS) is 42.6. The smallest absolute Gasteiger partial charge is 0.282 e. The van der Waals surface area contributed by atoms with Crippen LogP contribution in [0, 0.1) is 0 Å². The Morgan fingerprint density at radius 2 is 2.14 bits per heavy atom. The number of aliphatic hydroxyl groups is 1. The third-order valence-electron chi connectivity index (χ3n) is 2.47. The third kappa shape index (κ3) is 1.56. The standard InChI is InChI=1S/C8H14N2O4/c1-10-8(9)14-5-3-13-6-4(11)2-12-7(5)6/h4-7,11H,2-3H2,1H3,(H2,9,10)/t4-,5-,6-,7-/m1/s1. The van der Waals surface area contributed by atoms with Gasteiger partial charge in [0.05, 0.1) is 13.2 Å². The molecule has 0 aromatic rings. The Kier molecular flexibility index (Phi) is 2.58. The number of rotatable bonds is 1. The van der Waals surface area contributed by atoms with E-state index in [1.165, 1.54) is 0 Å². The molecule has 2 fully saturated rings. The average molecular weight is 202 g/mol. The number of fused-ring (bicyclic) bond motifs is 1. The van der Waals surface area contributed by atoms with E-state index < -0.39 is 6.10 Å². The van der Waals surface area contributed by atoms with Crippen molar-refractivity contribution in [3.05, 3.63) is 0 Å². The number of amidine groups is 1. The van der Waals surface area contributed by atoms with E-state index >= 15 is 0 Å². The zero-order valence-corrected chi connectivity index (χ0v) is 7.92. The second-order valence-electron chi connectivity index (χ2n) is 3.38. The Morgan fingerprint density at radius 3 is 2.86 bits per heavy atom. The summed E-state index contributed by atoms with van der Waals surface area (Å²) >= 11 is 0. The number of hydrogen-bond acceptors (Lipinski definition) is 5. The van der Waals surface area contributed by atoms with Gasteiger partial charge in [-0.1, -0.05) is 0 Å². The van der Waals surface area contributed by atoms with E-state index in [0.29, 0.717) is 13.2 Å². The molecule has 0 unspecified atom stereocenters. The topological polar surface area (TPSA) is 86.3 Å². The highest BCUT2D eigenvalue weighted by molar-refractivity contribution is 5.71. The first-order chi connectivity index (χ1) is 6.72. The summed E-state index contributed by atoms with van der Waals surface area (Å²) in [6.45, 7) is 0.668. The maximum absolute atomic E-state index is 9.44. The van der Waals surface area contributed by atoms with Gasteiger partial charge in [0.1, 0.15) is 18.3 Å². The molecule has 0 amide bonds. The minimum absolute atomic E-state index is 0.115. The van der Waals surface area contributed by atoms with Gasteiger partial charge in [0, 0.05) is 7.05 Å². The Labute approximate surface area is 81.7 Å². The van der Waals surface area contributed by atoms with Crippen molar-refractivity contribution in [1.82, 2.24) is 0 Å². The van der Waals surface area contributed by atoms with Gasteiger partial charge in [-0.15, -0.1) is 0 Å². The van der Waals surface area contributed by atoms with Crippen LogP contribution >= 0.6 is 0 Å². The Morgan fingerprint density at radius 1 is 1.43 bits per heavy atom. The van der Waals surface area contributed by atoms with Gasteiger partial charge in [-0.25, -0.2) is 4.99 Å². The maximum Gasteiger partial charge on any atom is 0.282 e. The quantitative estimate of drug-likeness (QED) is 0.398. The third-order valence-corrected chi connectivity index (χ3v) is 2.47. The van der Waals surface area contributed by atoms with Crippen LogP contribution in [-0.4, -0.2) is 55.8 Å². The molecule has 0 radical (unpaired) electrons. The Bertz CT molecular complexity index is 245. The van der Waals surface area contributed by atoms with Crippen LogP contribution in [-0.2, 0) is 14.2 Å². The first kappa shape index (κ1) is 9.70. The van der Waals surface area contributed by atoms with E-state index in [1.807, 2.05) is 0 Å². The van der Waals surface area contributed by atoms with Crippen LogP contribution in [0.1, 0.15) is 0 Å². The van der Waals surface area contributed by atoms with Gasteiger partial charge in [0.15, 0.2) is 6.10 Å². The lowest BCUT2D eigenvalue weighted by molar-refractivity contribution is 0.00553. The molecule has 2 saturated heterocycles. The highest BCUT2D eigenvalue weighted by Crippen LogP contribution is 2.28. The van der Waals surface area contributed by atoms with Crippen LogP contribution in [0.4, 0.5) is 0 Å². The minimum Gasteiger partial charge on any atom is -0.457 e. The van der Waals surface area contributed by atoms with Gasteiger partial charge in [-0.3, -0.25) is 0 Å². The van der Waals surface area contributed by atoms with Gasteiger partial charge in [0.2, 0.25) is 0 Å². The van der Waals surface area contributed by atoms with Crippen LogP contribution in [0.5, 0.6) is 0 Å². The molecular weight excluding hydrogens is 188 g/mol. The SMILES string of the molecule is C/N=C(\N)O[C@@H]1CO[C@H]2[C@@H]1OC[C@H]2O. The van der Waals surface area contributed by atoms with Crippen molar-refractivity contribution in [3.8, 4) is 0 Å². The highest BCUT2D eigenvalue weighted by Gasteiger charge is 2.48. The number of ether oxygens (including phenoxy) is 3. The molecular formula is C8H14N2O4. The summed E-state index contributed by atoms with van der Waals surface area (Å²) in [5.41, 5.74) is 5.42. The molecule has 2 rings (SSSR count). The van der Waals surface area contributed by atoms with Crippen LogP contribution in [0.2, 0.25) is 0 Å². The molecule has 4 atom stereocenters. The van der Waals surface area contributed by atoms with Crippen molar-refractivity contribution < 1.29 is 19.3 Å². The Balaban J connectivity index is 1.96. The summed E-state index contributed by atoms with van der Waals surface area (Å²) in [7, 11) is 1.55. The van der Waals surface area contributed by atoms with Gasteiger partial charge >= 0.3 is 0 Å². The van der Waals surface area contributed by atoms with Crippen LogP contribution in [0.3, 0.4) is 0 Å².